The van der Waals surface area contributed by atoms with Gasteiger partial charge in [0.05, 0.1) is 6.26 Å². The van der Waals surface area contributed by atoms with E-state index in [4.69, 9.17) is 4.99 Å². The standard InChI is InChI=1S/C18H36N4O2S/c1-5-18(6-2)10-13-21(15-18)17(19-7-3)20-14-16-8-11-22(12-9-16)25(4,23)24/h16H,5-15H2,1-4H3,(H,19,20). The summed E-state index contributed by atoms with van der Waals surface area (Å²) in [6.07, 6.45) is 6.81. The van der Waals surface area contributed by atoms with Crippen molar-refractivity contribution in [1.82, 2.24) is 14.5 Å². The van der Waals surface area contributed by atoms with E-state index >= 15 is 0 Å². The van der Waals surface area contributed by atoms with Gasteiger partial charge >= 0.3 is 0 Å². The number of nitrogens with zero attached hydrogens (tertiary/aromatic N) is 3. The molecule has 0 aromatic heterocycles. The van der Waals surface area contributed by atoms with Crippen LogP contribution in [0, 0.1) is 11.3 Å². The molecule has 25 heavy (non-hydrogen) atoms. The molecule has 0 aromatic carbocycles. The minimum absolute atomic E-state index is 0.441. The average Bonchev–Trinajstić information content (AvgIpc) is 3.03. The fourth-order valence-electron chi connectivity index (χ4n) is 4.01. The first-order chi connectivity index (χ1) is 11.8. The predicted molar refractivity (Wildman–Crippen MR) is 104 cm³/mol. The number of guanidine groups is 1. The van der Waals surface area contributed by atoms with Crippen LogP contribution in [0.4, 0.5) is 0 Å². The summed E-state index contributed by atoms with van der Waals surface area (Å²) in [4.78, 5) is 7.32. The Labute approximate surface area is 154 Å². The number of hydrogen-bond donors (Lipinski definition) is 1. The van der Waals surface area contributed by atoms with Gasteiger partial charge in [0.2, 0.25) is 10.0 Å². The van der Waals surface area contributed by atoms with E-state index in [0.29, 0.717) is 24.4 Å². The number of hydrogen-bond acceptors (Lipinski definition) is 3. The zero-order valence-corrected chi connectivity index (χ0v) is 17.2. The van der Waals surface area contributed by atoms with E-state index in [9.17, 15) is 8.42 Å². The largest absolute Gasteiger partial charge is 0.357 e. The molecule has 146 valence electrons. The van der Waals surface area contributed by atoms with Crippen LogP contribution in [0.5, 0.6) is 0 Å². The molecule has 0 radical (unpaired) electrons. The second-order valence-electron chi connectivity index (χ2n) is 7.68. The van der Waals surface area contributed by atoms with E-state index < -0.39 is 10.0 Å². The number of aliphatic imine (C=N–C) groups is 1. The van der Waals surface area contributed by atoms with Gasteiger partial charge in [0.15, 0.2) is 5.96 Å². The summed E-state index contributed by atoms with van der Waals surface area (Å²) >= 11 is 0. The van der Waals surface area contributed by atoms with Crippen LogP contribution < -0.4 is 5.32 Å². The van der Waals surface area contributed by atoms with Crippen LogP contribution in [-0.2, 0) is 10.0 Å². The molecule has 0 atom stereocenters. The maximum Gasteiger partial charge on any atom is 0.211 e. The van der Waals surface area contributed by atoms with E-state index in [2.05, 4.69) is 31.0 Å². The number of nitrogens with one attached hydrogen (secondary N) is 1. The molecular formula is C18H36N4O2S. The minimum Gasteiger partial charge on any atom is -0.357 e. The molecule has 7 heteroatoms. The van der Waals surface area contributed by atoms with E-state index in [1.807, 2.05) is 0 Å². The third-order valence-corrected chi connectivity index (χ3v) is 7.42. The lowest BCUT2D eigenvalue weighted by Gasteiger charge is -2.30. The molecule has 6 nitrogen and oxygen atoms in total. The Balaban J connectivity index is 1.93. The van der Waals surface area contributed by atoms with Crippen molar-refractivity contribution in [3.8, 4) is 0 Å². The van der Waals surface area contributed by atoms with Crippen molar-refractivity contribution >= 4 is 16.0 Å². The lowest BCUT2D eigenvalue weighted by Crippen LogP contribution is -2.42. The molecule has 2 fully saturated rings. The van der Waals surface area contributed by atoms with Crippen LogP contribution in [0.15, 0.2) is 4.99 Å². The van der Waals surface area contributed by atoms with E-state index in [-0.39, 0.29) is 0 Å². The van der Waals surface area contributed by atoms with Gasteiger partial charge in [-0.3, -0.25) is 4.99 Å². The van der Waals surface area contributed by atoms with Gasteiger partial charge in [-0.2, -0.15) is 0 Å². The van der Waals surface area contributed by atoms with Gasteiger partial charge in [-0.1, -0.05) is 13.8 Å². The second-order valence-corrected chi connectivity index (χ2v) is 9.66. The van der Waals surface area contributed by atoms with Crippen molar-refractivity contribution in [3.63, 3.8) is 0 Å². The highest BCUT2D eigenvalue weighted by Gasteiger charge is 2.36. The summed E-state index contributed by atoms with van der Waals surface area (Å²) in [5, 5.41) is 3.45. The molecule has 2 aliphatic heterocycles. The average molecular weight is 373 g/mol. The van der Waals surface area contributed by atoms with Crippen molar-refractivity contribution in [2.24, 2.45) is 16.3 Å². The zero-order chi connectivity index (χ0) is 18.5. The van der Waals surface area contributed by atoms with Crippen molar-refractivity contribution < 1.29 is 8.42 Å². The highest BCUT2D eigenvalue weighted by Crippen LogP contribution is 2.36. The maximum absolute atomic E-state index is 11.6. The molecular weight excluding hydrogens is 336 g/mol. The highest BCUT2D eigenvalue weighted by atomic mass is 32.2. The molecule has 0 saturated carbocycles. The van der Waals surface area contributed by atoms with Gasteiger partial charge < -0.3 is 10.2 Å². The third-order valence-electron chi connectivity index (χ3n) is 6.11. The summed E-state index contributed by atoms with van der Waals surface area (Å²) in [5.74, 6) is 1.52. The summed E-state index contributed by atoms with van der Waals surface area (Å²) in [6, 6.07) is 0. The van der Waals surface area contributed by atoms with Crippen LogP contribution >= 0.6 is 0 Å². The summed E-state index contributed by atoms with van der Waals surface area (Å²) in [6.45, 7) is 11.8. The molecule has 2 rings (SSSR count). The van der Waals surface area contributed by atoms with Crippen LogP contribution in [0.3, 0.4) is 0 Å². The molecule has 2 saturated heterocycles. The van der Waals surface area contributed by atoms with Gasteiger partial charge in [0.25, 0.3) is 0 Å². The first kappa shape index (κ1) is 20.5. The Kier molecular flexibility index (Phi) is 7.14. The van der Waals surface area contributed by atoms with E-state index in [1.165, 1.54) is 25.5 Å². The van der Waals surface area contributed by atoms with Gasteiger partial charge in [0, 0.05) is 39.3 Å². The van der Waals surface area contributed by atoms with Gasteiger partial charge in [-0.05, 0) is 50.4 Å². The number of piperidine rings is 1. The number of sulfonamides is 1. The smallest absolute Gasteiger partial charge is 0.211 e. The lowest BCUT2D eigenvalue weighted by atomic mass is 9.82. The van der Waals surface area contributed by atoms with Crippen LogP contribution in [0.25, 0.3) is 0 Å². The monoisotopic (exact) mass is 372 g/mol. The number of rotatable bonds is 6. The molecule has 0 aliphatic carbocycles. The summed E-state index contributed by atoms with van der Waals surface area (Å²) < 4.78 is 24.8. The van der Waals surface area contributed by atoms with Crippen molar-refractivity contribution in [2.45, 2.75) is 52.9 Å². The van der Waals surface area contributed by atoms with E-state index in [1.54, 1.807) is 4.31 Å². The SMILES string of the molecule is CCNC(=NCC1CCN(S(C)(=O)=O)CC1)N1CCC(CC)(CC)C1. The topological polar surface area (TPSA) is 65.0 Å². The first-order valence-electron chi connectivity index (χ1n) is 9.82. The van der Waals surface area contributed by atoms with Crippen molar-refractivity contribution in [1.29, 1.82) is 0 Å². The summed E-state index contributed by atoms with van der Waals surface area (Å²) in [5.41, 5.74) is 0.441. The van der Waals surface area contributed by atoms with Gasteiger partial charge in [-0.15, -0.1) is 0 Å². The Morgan fingerprint density at radius 2 is 1.80 bits per heavy atom. The maximum atomic E-state index is 11.6. The Morgan fingerprint density at radius 3 is 2.28 bits per heavy atom. The molecule has 0 aromatic rings. The Hall–Kier alpha value is -0.820. The van der Waals surface area contributed by atoms with Gasteiger partial charge in [0.1, 0.15) is 0 Å². The van der Waals surface area contributed by atoms with Crippen molar-refractivity contribution in [3.05, 3.63) is 0 Å². The minimum atomic E-state index is -3.04. The third kappa shape index (κ3) is 5.33. The lowest BCUT2D eigenvalue weighted by molar-refractivity contribution is 0.272. The zero-order valence-electron chi connectivity index (χ0n) is 16.4. The Morgan fingerprint density at radius 1 is 1.16 bits per heavy atom. The molecule has 0 bridgehead atoms. The molecule has 0 unspecified atom stereocenters. The quantitative estimate of drug-likeness (QED) is 0.573. The molecule has 2 aliphatic rings. The molecule has 0 spiro atoms. The fourth-order valence-corrected chi connectivity index (χ4v) is 4.88. The first-order valence-corrected chi connectivity index (χ1v) is 11.7. The molecule has 2 heterocycles. The predicted octanol–water partition coefficient (Wildman–Crippen LogP) is 2.14. The van der Waals surface area contributed by atoms with Crippen LogP contribution in [-0.4, -0.2) is 69.1 Å². The molecule has 0 amide bonds. The van der Waals surface area contributed by atoms with Crippen molar-refractivity contribution in [2.75, 3.05) is 45.5 Å². The molecule has 1 N–H and O–H groups in total. The summed E-state index contributed by atoms with van der Waals surface area (Å²) in [7, 11) is -3.04. The normalized spacial score (nSPS) is 23.2. The van der Waals surface area contributed by atoms with E-state index in [0.717, 1.165) is 45.0 Å². The fraction of sp³-hybridized carbons (Fsp3) is 0.944. The van der Waals surface area contributed by atoms with Crippen LogP contribution in [0.2, 0.25) is 0 Å². The highest BCUT2D eigenvalue weighted by molar-refractivity contribution is 7.88. The second kappa shape index (κ2) is 8.71. The Bertz CT molecular complexity index is 549. The number of likely N-dealkylation sites (tertiary alicyclic amines) is 1. The van der Waals surface area contributed by atoms with Gasteiger partial charge in [-0.25, -0.2) is 12.7 Å². The van der Waals surface area contributed by atoms with Crippen LogP contribution in [0.1, 0.15) is 52.9 Å².